The molecule has 1 fully saturated rings. The van der Waals surface area contributed by atoms with Crippen molar-refractivity contribution >= 4 is 17.5 Å². The normalized spacial score (nSPS) is 15.1. The summed E-state index contributed by atoms with van der Waals surface area (Å²) in [5, 5.41) is 0. The first-order chi connectivity index (χ1) is 16.5. The fraction of sp³-hybridized carbons (Fsp3) is 0.417. The first-order valence-corrected chi connectivity index (χ1v) is 11.3. The van der Waals surface area contributed by atoms with Crippen LogP contribution in [0.4, 0.5) is 13.2 Å². The van der Waals surface area contributed by atoms with Crippen molar-refractivity contribution in [2.24, 2.45) is 5.73 Å². The molecular weight excluding hydrogens is 461 g/mol. The average Bonchev–Trinajstić information content (AvgIpc) is 3.23. The fourth-order valence-corrected chi connectivity index (χ4v) is 4.47. The largest absolute Gasteiger partial charge is 0.416 e. The van der Waals surface area contributed by atoms with Gasteiger partial charge in [0.2, 0.25) is 5.91 Å². The lowest BCUT2D eigenvalue weighted by Crippen LogP contribution is -2.48. The smallest absolute Gasteiger partial charge is 0.364 e. The predicted molar refractivity (Wildman–Crippen MR) is 123 cm³/mol. The first kappa shape index (κ1) is 24.6. The summed E-state index contributed by atoms with van der Waals surface area (Å²) in [6.07, 6.45) is -1.99. The summed E-state index contributed by atoms with van der Waals surface area (Å²) >= 11 is 0. The summed E-state index contributed by atoms with van der Waals surface area (Å²) < 4.78 is 39.9. The van der Waals surface area contributed by atoms with Gasteiger partial charge in [0.1, 0.15) is 6.33 Å². The lowest BCUT2D eigenvalue weighted by atomic mass is 10.1. The molecule has 11 heteroatoms. The molecule has 0 atom stereocenters. The molecule has 0 bridgehead atoms. The number of halogens is 3. The molecule has 2 aromatic heterocycles. The zero-order valence-corrected chi connectivity index (χ0v) is 19.6. The maximum atomic E-state index is 12.8. The Hall–Kier alpha value is -3.47. The topological polar surface area (TPSA) is 96.8 Å². The minimum absolute atomic E-state index is 0.0431. The van der Waals surface area contributed by atoms with Crippen LogP contribution in [0.15, 0.2) is 30.6 Å². The summed E-state index contributed by atoms with van der Waals surface area (Å²) in [5.41, 5.74) is 8.57. The van der Waals surface area contributed by atoms with E-state index in [2.05, 4.69) is 14.9 Å². The van der Waals surface area contributed by atoms with Gasteiger partial charge < -0.3 is 10.6 Å². The molecule has 0 saturated carbocycles. The number of carbonyl (C=O) groups is 2. The van der Waals surface area contributed by atoms with E-state index in [1.165, 1.54) is 18.5 Å². The van der Waals surface area contributed by atoms with Gasteiger partial charge >= 0.3 is 6.18 Å². The van der Waals surface area contributed by atoms with E-state index in [9.17, 15) is 22.8 Å². The van der Waals surface area contributed by atoms with Crippen LogP contribution in [-0.2, 0) is 23.9 Å². The highest BCUT2D eigenvalue weighted by molar-refractivity contribution is 5.96. The van der Waals surface area contributed by atoms with Crippen LogP contribution in [0.2, 0.25) is 0 Å². The number of aryl methyl sites for hydroxylation is 2. The molecule has 0 radical (unpaired) electrons. The number of piperazine rings is 1. The number of hydrogen-bond acceptors (Lipinski definition) is 5. The Labute approximate surface area is 200 Å². The monoisotopic (exact) mass is 488 g/mol. The predicted octanol–water partition coefficient (Wildman–Crippen LogP) is 2.74. The van der Waals surface area contributed by atoms with Crippen LogP contribution in [-0.4, -0.2) is 62.2 Å². The molecule has 3 heterocycles. The number of alkyl halides is 3. The maximum Gasteiger partial charge on any atom is 0.416 e. The zero-order valence-electron chi connectivity index (χ0n) is 19.6. The molecule has 1 aliphatic rings. The van der Waals surface area contributed by atoms with Crippen molar-refractivity contribution in [1.29, 1.82) is 0 Å². The average molecular weight is 489 g/mol. The summed E-state index contributed by atoms with van der Waals surface area (Å²) in [5.74, 6) is -0.597. The van der Waals surface area contributed by atoms with Gasteiger partial charge in [0.25, 0.3) is 5.91 Å². The van der Waals surface area contributed by atoms with E-state index < -0.39 is 17.6 Å². The standard InChI is InChI=1S/C24H27F3N6O2/c1-15-19(16(2)33-14-29-21(22(28)35)23(33)30-15)7-8-20(34)32-11-9-31(10-12-32)13-17-3-5-18(6-4-17)24(25,26)27/h3-6,14H,7-13H2,1-2H3,(H2,28,35). The molecule has 2 N–H and O–H groups in total. The Morgan fingerprint density at radius 1 is 1.06 bits per heavy atom. The van der Waals surface area contributed by atoms with E-state index in [-0.39, 0.29) is 11.6 Å². The van der Waals surface area contributed by atoms with E-state index in [4.69, 9.17) is 5.73 Å². The highest BCUT2D eigenvalue weighted by atomic mass is 19.4. The second kappa shape index (κ2) is 9.65. The van der Waals surface area contributed by atoms with E-state index in [0.717, 1.165) is 34.6 Å². The minimum Gasteiger partial charge on any atom is -0.364 e. The van der Waals surface area contributed by atoms with Crippen molar-refractivity contribution < 1.29 is 22.8 Å². The van der Waals surface area contributed by atoms with Crippen molar-refractivity contribution in [3.63, 3.8) is 0 Å². The highest BCUT2D eigenvalue weighted by Gasteiger charge is 2.30. The lowest BCUT2D eigenvalue weighted by molar-refractivity contribution is -0.137. The van der Waals surface area contributed by atoms with Crippen LogP contribution in [0.3, 0.4) is 0 Å². The van der Waals surface area contributed by atoms with Crippen molar-refractivity contribution in [3.8, 4) is 0 Å². The molecule has 8 nitrogen and oxygen atoms in total. The molecule has 0 spiro atoms. The lowest BCUT2D eigenvalue weighted by Gasteiger charge is -2.35. The molecule has 186 valence electrons. The minimum atomic E-state index is -4.34. The van der Waals surface area contributed by atoms with Gasteiger partial charge in [-0.1, -0.05) is 12.1 Å². The van der Waals surface area contributed by atoms with Gasteiger partial charge in [0, 0.05) is 50.5 Å². The molecule has 1 aliphatic heterocycles. The Bertz CT molecular complexity index is 1240. The van der Waals surface area contributed by atoms with Crippen LogP contribution in [0.1, 0.15) is 45.0 Å². The van der Waals surface area contributed by atoms with E-state index in [1.54, 1.807) is 4.40 Å². The third-order valence-corrected chi connectivity index (χ3v) is 6.49. The number of carbonyl (C=O) groups excluding carboxylic acids is 2. The van der Waals surface area contributed by atoms with Crippen LogP contribution >= 0.6 is 0 Å². The molecule has 2 amide bonds. The Balaban J connectivity index is 1.32. The third kappa shape index (κ3) is 5.29. The summed E-state index contributed by atoms with van der Waals surface area (Å²) in [6, 6.07) is 5.21. The first-order valence-electron chi connectivity index (χ1n) is 11.3. The Kier molecular flexibility index (Phi) is 6.79. The van der Waals surface area contributed by atoms with E-state index in [0.29, 0.717) is 51.2 Å². The quantitative estimate of drug-likeness (QED) is 0.576. The number of hydrogen-bond donors (Lipinski definition) is 1. The molecular formula is C24H27F3N6O2. The van der Waals surface area contributed by atoms with Crippen LogP contribution in [0.25, 0.3) is 5.65 Å². The number of nitrogens with two attached hydrogens (primary N) is 1. The van der Waals surface area contributed by atoms with E-state index in [1.807, 2.05) is 18.7 Å². The van der Waals surface area contributed by atoms with Gasteiger partial charge in [-0.2, -0.15) is 13.2 Å². The molecule has 1 aromatic carbocycles. The van der Waals surface area contributed by atoms with Gasteiger partial charge in [0.15, 0.2) is 11.3 Å². The molecule has 1 saturated heterocycles. The number of rotatable bonds is 6. The van der Waals surface area contributed by atoms with Gasteiger partial charge in [-0.15, -0.1) is 0 Å². The van der Waals surface area contributed by atoms with Crippen LogP contribution in [0.5, 0.6) is 0 Å². The third-order valence-electron chi connectivity index (χ3n) is 6.49. The van der Waals surface area contributed by atoms with Crippen molar-refractivity contribution in [2.45, 2.75) is 39.4 Å². The van der Waals surface area contributed by atoms with E-state index >= 15 is 0 Å². The van der Waals surface area contributed by atoms with Crippen LogP contribution < -0.4 is 5.73 Å². The highest BCUT2D eigenvalue weighted by Crippen LogP contribution is 2.29. The number of amides is 2. The molecule has 4 rings (SSSR count). The number of primary amides is 1. The fourth-order valence-electron chi connectivity index (χ4n) is 4.47. The van der Waals surface area contributed by atoms with Crippen molar-refractivity contribution in [1.82, 2.24) is 24.2 Å². The van der Waals surface area contributed by atoms with Gasteiger partial charge in [-0.25, -0.2) is 9.97 Å². The maximum absolute atomic E-state index is 12.8. The van der Waals surface area contributed by atoms with Gasteiger partial charge in [-0.3, -0.25) is 18.9 Å². The van der Waals surface area contributed by atoms with Gasteiger partial charge in [0.05, 0.1) is 5.56 Å². The SMILES string of the molecule is Cc1nc2c(C(N)=O)ncn2c(C)c1CCC(=O)N1CCN(Cc2ccc(C(F)(F)F)cc2)CC1. The summed E-state index contributed by atoms with van der Waals surface area (Å²) in [4.78, 5) is 36.9. The number of nitrogens with zero attached hydrogens (tertiary/aromatic N) is 5. The Morgan fingerprint density at radius 3 is 2.31 bits per heavy atom. The van der Waals surface area contributed by atoms with Crippen LogP contribution in [0, 0.1) is 13.8 Å². The summed E-state index contributed by atoms with van der Waals surface area (Å²) in [6.45, 7) is 6.73. The molecule has 3 aromatic rings. The van der Waals surface area contributed by atoms with Crippen molar-refractivity contribution in [3.05, 3.63) is 64.4 Å². The number of fused-ring (bicyclic) bond motifs is 1. The van der Waals surface area contributed by atoms with Crippen molar-refractivity contribution in [2.75, 3.05) is 26.2 Å². The second-order valence-corrected chi connectivity index (χ2v) is 8.76. The molecule has 0 aliphatic carbocycles. The van der Waals surface area contributed by atoms with Gasteiger partial charge in [-0.05, 0) is 43.5 Å². The second-order valence-electron chi connectivity index (χ2n) is 8.76. The molecule has 35 heavy (non-hydrogen) atoms. The summed E-state index contributed by atoms with van der Waals surface area (Å²) in [7, 11) is 0. The zero-order chi connectivity index (χ0) is 25.3. The Morgan fingerprint density at radius 2 is 1.71 bits per heavy atom. The number of benzene rings is 1. The number of aromatic nitrogens is 3. The molecule has 0 unspecified atom stereocenters. The number of imidazole rings is 1.